The Morgan fingerprint density at radius 1 is 1.39 bits per heavy atom. The third-order valence-corrected chi connectivity index (χ3v) is 3.49. The minimum Gasteiger partial charge on any atom is -0.493 e. The van der Waals surface area contributed by atoms with Crippen molar-refractivity contribution in [3.05, 3.63) is 23.8 Å². The number of benzene rings is 1. The summed E-state index contributed by atoms with van der Waals surface area (Å²) in [7, 11) is 1.62. The van der Waals surface area contributed by atoms with E-state index in [0.29, 0.717) is 17.4 Å². The van der Waals surface area contributed by atoms with Crippen molar-refractivity contribution in [3.63, 3.8) is 0 Å². The summed E-state index contributed by atoms with van der Waals surface area (Å²) >= 11 is 0. The van der Waals surface area contributed by atoms with E-state index in [9.17, 15) is 5.11 Å². The summed E-state index contributed by atoms with van der Waals surface area (Å²) in [4.78, 5) is 0. The van der Waals surface area contributed by atoms with Crippen LogP contribution in [0.3, 0.4) is 0 Å². The number of methoxy groups -OCH3 is 1. The van der Waals surface area contributed by atoms with Gasteiger partial charge in [-0.3, -0.25) is 0 Å². The average molecular weight is 251 g/mol. The zero-order valence-corrected chi connectivity index (χ0v) is 10.8. The van der Waals surface area contributed by atoms with Crippen LogP contribution < -0.4 is 15.2 Å². The van der Waals surface area contributed by atoms with Crippen molar-refractivity contribution in [1.82, 2.24) is 0 Å². The van der Waals surface area contributed by atoms with E-state index in [0.717, 1.165) is 12.2 Å². The monoisotopic (exact) mass is 251 g/mol. The smallest absolute Gasteiger partial charge is 0.161 e. The average Bonchev–Trinajstić information content (AvgIpc) is 2.35. The Labute approximate surface area is 108 Å². The van der Waals surface area contributed by atoms with Gasteiger partial charge in [0.15, 0.2) is 11.5 Å². The first kappa shape index (κ1) is 13.2. The van der Waals surface area contributed by atoms with Crippen molar-refractivity contribution in [2.75, 3.05) is 20.3 Å². The van der Waals surface area contributed by atoms with Crippen LogP contribution in [0, 0.1) is 5.92 Å². The lowest BCUT2D eigenvalue weighted by atomic mass is 9.86. The van der Waals surface area contributed by atoms with Gasteiger partial charge in [0.1, 0.15) is 0 Å². The second-order valence-corrected chi connectivity index (χ2v) is 4.77. The first-order valence-electron chi connectivity index (χ1n) is 6.43. The quantitative estimate of drug-likeness (QED) is 0.810. The van der Waals surface area contributed by atoms with Gasteiger partial charge in [0.25, 0.3) is 0 Å². The van der Waals surface area contributed by atoms with Gasteiger partial charge in [0, 0.05) is 6.54 Å². The molecule has 1 saturated carbocycles. The summed E-state index contributed by atoms with van der Waals surface area (Å²) in [5.74, 6) is 2.05. The topological polar surface area (TPSA) is 64.7 Å². The highest BCUT2D eigenvalue weighted by Crippen LogP contribution is 2.33. The largest absolute Gasteiger partial charge is 0.493 e. The standard InChI is InChI=1S/C14H21NO3/c1-17-13-6-5-11(12(16)8-15)7-14(13)18-9-10-3-2-4-10/h5-7,10,12,16H,2-4,8-9,15H2,1H3. The van der Waals surface area contributed by atoms with Gasteiger partial charge in [-0.1, -0.05) is 12.5 Å². The van der Waals surface area contributed by atoms with E-state index in [-0.39, 0.29) is 6.54 Å². The molecule has 1 aromatic rings. The highest BCUT2D eigenvalue weighted by atomic mass is 16.5. The first-order chi connectivity index (χ1) is 8.74. The maximum absolute atomic E-state index is 9.73. The Morgan fingerprint density at radius 2 is 2.17 bits per heavy atom. The normalized spacial score (nSPS) is 17.1. The lowest BCUT2D eigenvalue weighted by Crippen LogP contribution is -2.19. The summed E-state index contributed by atoms with van der Waals surface area (Å²) in [6.45, 7) is 0.924. The molecule has 0 aliphatic heterocycles. The summed E-state index contributed by atoms with van der Waals surface area (Å²) in [6, 6.07) is 5.44. The van der Waals surface area contributed by atoms with E-state index in [2.05, 4.69) is 0 Å². The maximum atomic E-state index is 9.73. The molecule has 0 radical (unpaired) electrons. The molecule has 4 nitrogen and oxygen atoms in total. The third-order valence-electron chi connectivity index (χ3n) is 3.49. The molecule has 0 spiro atoms. The fraction of sp³-hybridized carbons (Fsp3) is 0.571. The van der Waals surface area contributed by atoms with E-state index in [4.69, 9.17) is 15.2 Å². The fourth-order valence-electron chi connectivity index (χ4n) is 2.02. The number of rotatable bonds is 6. The van der Waals surface area contributed by atoms with Crippen molar-refractivity contribution >= 4 is 0 Å². The fourth-order valence-corrected chi connectivity index (χ4v) is 2.02. The molecule has 1 fully saturated rings. The predicted octanol–water partition coefficient (Wildman–Crippen LogP) is 1.87. The zero-order valence-electron chi connectivity index (χ0n) is 10.8. The van der Waals surface area contributed by atoms with Gasteiger partial charge in [0.05, 0.1) is 19.8 Å². The molecular weight excluding hydrogens is 230 g/mol. The van der Waals surface area contributed by atoms with E-state index < -0.39 is 6.10 Å². The van der Waals surface area contributed by atoms with Crippen LogP contribution in [0.4, 0.5) is 0 Å². The number of hydrogen-bond donors (Lipinski definition) is 2. The van der Waals surface area contributed by atoms with Crippen molar-refractivity contribution in [2.24, 2.45) is 11.7 Å². The maximum Gasteiger partial charge on any atom is 0.161 e. The Bertz CT molecular complexity index is 391. The minimum absolute atomic E-state index is 0.203. The molecule has 1 aliphatic carbocycles. The van der Waals surface area contributed by atoms with Gasteiger partial charge < -0.3 is 20.3 Å². The molecule has 1 aliphatic rings. The molecule has 0 amide bonds. The molecule has 0 bridgehead atoms. The van der Waals surface area contributed by atoms with E-state index in [1.165, 1.54) is 19.3 Å². The first-order valence-corrected chi connectivity index (χ1v) is 6.43. The SMILES string of the molecule is COc1ccc(C(O)CN)cc1OCC1CCC1. The van der Waals surface area contributed by atoms with Crippen LogP contribution in [0.5, 0.6) is 11.5 Å². The minimum atomic E-state index is -0.651. The Hall–Kier alpha value is -1.26. The number of aliphatic hydroxyl groups excluding tert-OH is 1. The van der Waals surface area contributed by atoms with Gasteiger partial charge >= 0.3 is 0 Å². The molecule has 2 rings (SSSR count). The predicted molar refractivity (Wildman–Crippen MR) is 69.8 cm³/mol. The van der Waals surface area contributed by atoms with Crippen LogP contribution >= 0.6 is 0 Å². The molecule has 0 heterocycles. The van der Waals surface area contributed by atoms with Crippen molar-refractivity contribution in [2.45, 2.75) is 25.4 Å². The second-order valence-electron chi connectivity index (χ2n) is 4.77. The van der Waals surface area contributed by atoms with Gasteiger partial charge in [-0.05, 0) is 36.5 Å². The van der Waals surface area contributed by atoms with E-state index >= 15 is 0 Å². The summed E-state index contributed by atoms with van der Waals surface area (Å²) in [6.07, 6.45) is 3.14. The summed E-state index contributed by atoms with van der Waals surface area (Å²) in [5.41, 5.74) is 6.22. The Balaban J connectivity index is 2.08. The molecule has 1 unspecified atom stereocenters. The summed E-state index contributed by atoms with van der Waals surface area (Å²) in [5, 5.41) is 9.73. The van der Waals surface area contributed by atoms with Crippen LogP contribution in [0.1, 0.15) is 30.9 Å². The van der Waals surface area contributed by atoms with Crippen molar-refractivity contribution < 1.29 is 14.6 Å². The van der Waals surface area contributed by atoms with Gasteiger partial charge in [-0.25, -0.2) is 0 Å². The van der Waals surface area contributed by atoms with Gasteiger partial charge in [-0.2, -0.15) is 0 Å². The lowest BCUT2D eigenvalue weighted by molar-refractivity contribution is 0.172. The van der Waals surface area contributed by atoms with Crippen LogP contribution in [-0.2, 0) is 0 Å². The van der Waals surface area contributed by atoms with E-state index in [1.54, 1.807) is 7.11 Å². The molecule has 0 saturated heterocycles. The van der Waals surface area contributed by atoms with Gasteiger partial charge in [0.2, 0.25) is 0 Å². The Kier molecular flexibility index (Phi) is 4.44. The van der Waals surface area contributed by atoms with Gasteiger partial charge in [-0.15, -0.1) is 0 Å². The van der Waals surface area contributed by atoms with Crippen LogP contribution in [0.2, 0.25) is 0 Å². The number of ether oxygens (including phenoxy) is 2. The van der Waals surface area contributed by atoms with Crippen LogP contribution in [0.15, 0.2) is 18.2 Å². The number of nitrogens with two attached hydrogens (primary N) is 1. The summed E-state index contributed by atoms with van der Waals surface area (Å²) < 4.78 is 11.1. The Morgan fingerprint density at radius 3 is 2.72 bits per heavy atom. The zero-order chi connectivity index (χ0) is 13.0. The molecule has 18 heavy (non-hydrogen) atoms. The molecule has 3 N–H and O–H groups in total. The highest BCUT2D eigenvalue weighted by molar-refractivity contribution is 5.43. The highest BCUT2D eigenvalue weighted by Gasteiger charge is 2.19. The van der Waals surface area contributed by atoms with Crippen molar-refractivity contribution in [3.8, 4) is 11.5 Å². The lowest BCUT2D eigenvalue weighted by Gasteiger charge is -2.25. The molecule has 0 aromatic heterocycles. The van der Waals surface area contributed by atoms with Crippen LogP contribution in [-0.4, -0.2) is 25.4 Å². The number of hydrogen-bond acceptors (Lipinski definition) is 4. The van der Waals surface area contributed by atoms with E-state index in [1.807, 2.05) is 18.2 Å². The molecule has 1 atom stereocenters. The van der Waals surface area contributed by atoms with Crippen LogP contribution in [0.25, 0.3) is 0 Å². The molecule has 4 heteroatoms. The second kappa shape index (κ2) is 6.07. The molecule has 1 aromatic carbocycles. The molecular formula is C14H21NO3. The third kappa shape index (κ3) is 2.94. The molecule has 100 valence electrons. The van der Waals surface area contributed by atoms with Crippen molar-refractivity contribution in [1.29, 1.82) is 0 Å². The number of aliphatic hydroxyl groups is 1.